The van der Waals surface area contributed by atoms with Crippen molar-refractivity contribution >= 4 is 11.6 Å². The second-order valence-electron chi connectivity index (χ2n) is 6.33. The van der Waals surface area contributed by atoms with Gasteiger partial charge in [0.2, 0.25) is 5.65 Å². The summed E-state index contributed by atoms with van der Waals surface area (Å²) in [4.78, 5) is 29.0. The van der Waals surface area contributed by atoms with Crippen LogP contribution in [0.3, 0.4) is 0 Å². The van der Waals surface area contributed by atoms with E-state index in [1.807, 2.05) is 26.8 Å². The van der Waals surface area contributed by atoms with Crippen LogP contribution in [0.5, 0.6) is 0 Å². The fraction of sp³-hybridized carbons (Fsp3) is 0.389. The maximum absolute atomic E-state index is 12.7. The number of aliphatic hydroxyl groups excluding tert-OH is 1. The Morgan fingerprint density at radius 2 is 2.12 bits per heavy atom. The molecule has 0 aliphatic rings. The molecule has 0 aliphatic carbocycles. The van der Waals surface area contributed by atoms with Crippen LogP contribution in [0.15, 0.2) is 27.7 Å². The zero-order chi connectivity index (χ0) is 19.0. The number of aliphatic hydroxyl groups is 1. The summed E-state index contributed by atoms with van der Waals surface area (Å²) in [5.74, 6) is 1.04. The molecule has 0 bridgehead atoms. The monoisotopic (exact) mass is 358 g/mol. The minimum absolute atomic E-state index is 0.127. The molecule has 3 aromatic rings. The lowest BCUT2D eigenvalue weighted by Crippen LogP contribution is -2.31. The normalized spacial score (nSPS) is 12.5. The fourth-order valence-electron chi connectivity index (χ4n) is 2.82. The predicted octanol–water partition coefficient (Wildman–Crippen LogP) is 1.41. The van der Waals surface area contributed by atoms with Gasteiger partial charge in [-0.05, 0) is 26.3 Å². The highest BCUT2D eigenvalue weighted by molar-refractivity contribution is 5.92. The van der Waals surface area contributed by atoms with Crippen molar-refractivity contribution in [3.63, 3.8) is 0 Å². The molecule has 138 valence electrons. The number of aromatic nitrogens is 3. The molecular weight excluding hydrogens is 336 g/mol. The van der Waals surface area contributed by atoms with Crippen molar-refractivity contribution in [3.8, 4) is 11.3 Å². The molecule has 0 saturated heterocycles. The van der Waals surface area contributed by atoms with Crippen molar-refractivity contribution in [2.45, 2.75) is 33.3 Å². The maximum Gasteiger partial charge on any atom is 0.294 e. The zero-order valence-electron chi connectivity index (χ0n) is 15.2. The van der Waals surface area contributed by atoms with Gasteiger partial charge in [0.05, 0.1) is 11.8 Å². The van der Waals surface area contributed by atoms with E-state index >= 15 is 0 Å². The van der Waals surface area contributed by atoms with Gasteiger partial charge in [0.1, 0.15) is 17.2 Å². The number of furan rings is 1. The number of imidazole rings is 1. The third kappa shape index (κ3) is 3.15. The number of nitrogens with one attached hydrogen (secondary N) is 1. The molecule has 0 spiro atoms. The molecule has 0 radical (unpaired) electrons. The van der Waals surface area contributed by atoms with Crippen molar-refractivity contribution in [2.24, 2.45) is 7.05 Å². The smallest absolute Gasteiger partial charge is 0.294 e. The molecule has 8 nitrogen and oxygen atoms in total. The van der Waals surface area contributed by atoms with Gasteiger partial charge in [-0.15, -0.1) is 0 Å². The predicted molar refractivity (Wildman–Crippen MR) is 96.2 cm³/mol. The van der Waals surface area contributed by atoms with Crippen LogP contribution in [0.1, 0.15) is 35.4 Å². The first-order valence-corrected chi connectivity index (χ1v) is 8.44. The molecule has 0 aromatic carbocycles. The van der Waals surface area contributed by atoms with Gasteiger partial charge < -0.3 is 19.4 Å². The Labute approximate surface area is 150 Å². The Morgan fingerprint density at radius 1 is 1.38 bits per heavy atom. The number of carbonyl (C=O) groups excluding carboxylic acids is 1. The van der Waals surface area contributed by atoms with Gasteiger partial charge in [0.15, 0.2) is 0 Å². The Bertz CT molecular complexity index is 1030. The minimum Gasteiger partial charge on any atom is -0.466 e. The Hall–Kier alpha value is -2.87. The van der Waals surface area contributed by atoms with Crippen LogP contribution in [-0.4, -0.2) is 37.6 Å². The Kier molecular flexibility index (Phi) is 4.69. The van der Waals surface area contributed by atoms with Crippen molar-refractivity contribution in [1.29, 1.82) is 0 Å². The van der Waals surface area contributed by atoms with Gasteiger partial charge in [0, 0.05) is 31.5 Å². The van der Waals surface area contributed by atoms with Crippen LogP contribution >= 0.6 is 0 Å². The summed E-state index contributed by atoms with van der Waals surface area (Å²) < 4.78 is 8.59. The number of amides is 1. The third-order valence-electron chi connectivity index (χ3n) is 4.37. The van der Waals surface area contributed by atoms with Crippen LogP contribution in [0.4, 0.5) is 0 Å². The SMILES string of the molecule is CC[C@@H](O)CNC(=O)c1cn2cc(-c3cc(C)oc3C)n(C)c(=O)c2n1. The largest absolute Gasteiger partial charge is 0.466 e. The van der Waals surface area contributed by atoms with E-state index in [0.717, 1.165) is 11.3 Å². The molecule has 0 saturated carbocycles. The topological polar surface area (TPSA) is 102 Å². The zero-order valence-corrected chi connectivity index (χ0v) is 15.2. The highest BCUT2D eigenvalue weighted by Gasteiger charge is 2.18. The van der Waals surface area contributed by atoms with Crippen LogP contribution in [0.25, 0.3) is 16.9 Å². The summed E-state index contributed by atoms with van der Waals surface area (Å²) in [6.07, 6.45) is 3.19. The summed E-state index contributed by atoms with van der Waals surface area (Å²) in [6.45, 7) is 5.65. The number of carbonyl (C=O) groups is 1. The van der Waals surface area contributed by atoms with E-state index in [4.69, 9.17) is 4.42 Å². The van der Waals surface area contributed by atoms with Gasteiger partial charge in [-0.1, -0.05) is 6.92 Å². The van der Waals surface area contributed by atoms with E-state index in [1.165, 1.54) is 10.8 Å². The van der Waals surface area contributed by atoms with Crippen LogP contribution in [0.2, 0.25) is 0 Å². The first kappa shape index (κ1) is 17.9. The molecule has 3 aromatic heterocycles. The quantitative estimate of drug-likeness (QED) is 0.718. The lowest BCUT2D eigenvalue weighted by atomic mass is 10.2. The molecule has 8 heteroatoms. The molecule has 1 atom stereocenters. The average Bonchev–Trinajstić information content (AvgIpc) is 3.18. The minimum atomic E-state index is -0.609. The Morgan fingerprint density at radius 3 is 2.73 bits per heavy atom. The molecule has 2 N–H and O–H groups in total. The summed E-state index contributed by atoms with van der Waals surface area (Å²) in [5.41, 5.74) is 1.46. The highest BCUT2D eigenvalue weighted by atomic mass is 16.3. The van der Waals surface area contributed by atoms with Gasteiger partial charge in [-0.3, -0.25) is 14.0 Å². The summed E-state index contributed by atoms with van der Waals surface area (Å²) in [7, 11) is 1.66. The van der Waals surface area contributed by atoms with Crippen LogP contribution < -0.4 is 10.9 Å². The maximum atomic E-state index is 12.7. The molecule has 3 rings (SSSR count). The van der Waals surface area contributed by atoms with Crippen molar-refractivity contribution in [3.05, 3.63) is 46.0 Å². The summed E-state index contributed by atoms with van der Waals surface area (Å²) in [5, 5.41) is 12.2. The number of fused-ring (bicyclic) bond motifs is 1. The van der Waals surface area contributed by atoms with Gasteiger partial charge >= 0.3 is 0 Å². The molecule has 26 heavy (non-hydrogen) atoms. The van der Waals surface area contributed by atoms with E-state index in [2.05, 4.69) is 10.3 Å². The molecule has 0 unspecified atom stereocenters. The second-order valence-corrected chi connectivity index (χ2v) is 6.33. The number of hydrogen-bond acceptors (Lipinski definition) is 5. The van der Waals surface area contributed by atoms with E-state index in [9.17, 15) is 14.7 Å². The van der Waals surface area contributed by atoms with Crippen molar-refractivity contribution in [2.75, 3.05) is 6.54 Å². The molecule has 0 fully saturated rings. The lowest BCUT2D eigenvalue weighted by Gasteiger charge is -2.07. The average molecular weight is 358 g/mol. The summed E-state index contributed by atoms with van der Waals surface area (Å²) >= 11 is 0. The second kappa shape index (κ2) is 6.80. The fourth-order valence-corrected chi connectivity index (χ4v) is 2.82. The molecular formula is C18H22N4O4. The van der Waals surface area contributed by atoms with Gasteiger partial charge in [0.25, 0.3) is 11.5 Å². The van der Waals surface area contributed by atoms with Gasteiger partial charge in [-0.2, -0.15) is 0 Å². The van der Waals surface area contributed by atoms with Crippen molar-refractivity contribution in [1.82, 2.24) is 19.3 Å². The Balaban J connectivity index is 2.02. The number of nitrogens with zero attached hydrogens (tertiary/aromatic N) is 3. The lowest BCUT2D eigenvalue weighted by molar-refractivity contribution is 0.0909. The molecule has 1 amide bonds. The van der Waals surface area contributed by atoms with Crippen molar-refractivity contribution < 1.29 is 14.3 Å². The molecule has 3 heterocycles. The van der Waals surface area contributed by atoms with E-state index in [1.54, 1.807) is 17.6 Å². The first-order chi connectivity index (χ1) is 12.3. The van der Waals surface area contributed by atoms with E-state index in [-0.39, 0.29) is 23.4 Å². The van der Waals surface area contributed by atoms with Crippen LogP contribution in [0, 0.1) is 13.8 Å². The number of hydrogen-bond donors (Lipinski definition) is 2. The molecule has 0 aliphatic heterocycles. The first-order valence-electron chi connectivity index (χ1n) is 8.44. The summed E-state index contributed by atoms with van der Waals surface area (Å²) in [6, 6.07) is 1.87. The third-order valence-corrected chi connectivity index (χ3v) is 4.37. The number of aryl methyl sites for hydroxylation is 2. The number of rotatable bonds is 5. The van der Waals surface area contributed by atoms with E-state index in [0.29, 0.717) is 17.9 Å². The van der Waals surface area contributed by atoms with Gasteiger partial charge in [-0.25, -0.2) is 4.98 Å². The standard InChI is InChI=1S/C18H22N4O4/c1-5-12(23)7-19-17(24)14-8-22-9-15(13-6-10(2)26-11(13)3)21(4)18(25)16(22)20-14/h6,8-9,12,23H,5,7H2,1-4H3,(H,19,24)/t12-/m1/s1. The highest BCUT2D eigenvalue weighted by Crippen LogP contribution is 2.25. The van der Waals surface area contributed by atoms with E-state index < -0.39 is 12.0 Å². The van der Waals surface area contributed by atoms with Crippen LogP contribution in [-0.2, 0) is 7.05 Å².